The molecule has 1 aliphatic rings. The molecule has 0 radical (unpaired) electrons. The molecule has 1 aliphatic carbocycles. The molecule has 0 aromatic heterocycles. The number of carbonyl (C=O) groups excluding carboxylic acids is 1. The SMILES string of the molecule is CN(CC(C)(C)C)C(=O)C1(c2ccc(N)cc2)CC1. The third-order valence-corrected chi connectivity index (χ3v) is 3.68. The Kier molecular flexibility index (Phi) is 3.33. The second-order valence-corrected chi connectivity index (χ2v) is 6.93. The van der Waals surface area contributed by atoms with Gasteiger partial charge in [0.05, 0.1) is 5.41 Å². The van der Waals surface area contributed by atoms with Crippen molar-refractivity contribution in [2.45, 2.75) is 39.0 Å². The van der Waals surface area contributed by atoms with E-state index >= 15 is 0 Å². The highest BCUT2D eigenvalue weighted by Crippen LogP contribution is 2.49. The maximum absolute atomic E-state index is 12.7. The molecule has 0 saturated heterocycles. The van der Waals surface area contributed by atoms with E-state index in [9.17, 15) is 4.79 Å². The molecule has 1 amide bonds. The molecule has 1 aromatic carbocycles. The number of hydrogen-bond acceptors (Lipinski definition) is 2. The molecule has 1 aromatic rings. The summed E-state index contributed by atoms with van der Waals surface area (Å²) >= 11 is 0. The van der Waals surface area contributed by atoms with Crippen LogP contribution in [0, 0.1) is 5.41 Å². The number of nitrogens with two attached hydrogens (primary N) is 1. The zero-order valence-electron chi connectivity index (χ0n) is 12.4. The molecule has 0 unspecified atom stereocenters. The van der Waals surface area contributed by atoms with Gasteiger partial charge in [0.25, 0.3) is 0 Å². The molecular weight excluding hydrogens is 236 g/mol. The Hall–Kier alpha value is -1.51. The topological polar surface area (TPSA) is 46.3 Å². The number of anilines is 1. The molecule has 3 nitrogen and oxygen atoms in total. The van der Waals surface area contributed by atoms with E-state index < -0.39 is 0 Å². The first-order valence-electron chi connectivity index (χ1n) is 6.86. The van der Waals surface area contributed by atoms with Crippen molar-refractivity contribution < 1.29 is 4.79 Å². The number of hydrogen-bond donors (Lipinski definition) is 1. The van der Waals surface area contributed by atoms with Crippen molar-refractivity contribution in [3.8, 4) is 0 Å². The van der Waals surface area contributed by atoms with Gasteiger partial charge in [-0.1, -0.05) is 32.9 Å². The fourth-order valence-electron chi connectivity index (χ4n) is 2.70. The summed E-state index contributed by atoms with van der Waals surface area (Å²) in [7, 11) is 1.91. The quantitative estimate of drug-likeness (QED) is 0.849. The van der Waals surface area contributed by atoms with E-state index in [1.54, 1.807) is 0 Å². The van der Waals surface area contributed by atoms with Crippen LogP contribution in [0.3, 0.4) is 0 Å². The van der Waals surface area contributed by atoms with Gasteiger partial charge in [0.15, 0.2) is 0 Å². The lowest BCUT2D eigenvalue weighted by molar-refractivity contribution is -0.133. The third kappa shape index (κ3) is 2.91. The van der Waals surface area contributed by atoms with Gasteiger partial charge >= 0.3 is 0 Å². The summed E-state index contributed by atoms with van der Waals surface area (Å²) in [6.45, 7) is 7.24. The first-order chi connectivity index (χ1) is 8.74. The second kappa shape index (κ2) is 4.55. The summed E-state index contributed by atoms with van der Waals surface area (Å²) in [6.07, 6.45) is 1.90. The molecule has 3 heteroatoms. The second-order valence-electron chi connectivity index (χ2n) is 6.93. The minimum Gasteiger partial charge on any atom is -0.399 e. The number of likely N-dealkylation sites (N-methyl/N-ethyl adjacent to an activating group) is 1. The van der Waals surface area contributed by atoms with Gasteiger partial charge in [0, 0.05) is 19.3 Å². The Labute approximate surface area is 115 Å². The smallest absolute Gasteiger partial charge is 0.232 e. The summed E-state index contributed by atoms with van der Waals surface area (Å²) in [4.78, 5) is 14.6. The molecule has 19 heavy (non-hydrogen) atoms. The standard InChI is InChI=1S/C16H24N2O/c1-15(2,3)11-18(4)14(19)16(9-10-16)12-5-7-13(17)8-6-12/h5-8H,9-11,17H2,1-4H3. The van der Waals surface area contributed by atoms with E-state index in [0.29, 0.717) is 0 Å². The number of carbonyl (C=O) groups is 1. The van der Waals surface area contributed by atoms with Crippen molar-refractivity contribution in [1.82, 2.24) is 4.90 Å². The van der Waals surface area contributed by atoms with Crippen LogP contribution >= 0.6 is 0 Å². The van der Waals surface area contributed by atoms with Crippen molar-refractivity contribution >= 4 is 11.6 Å². The van der Waals surface area contributed by atoms with Crippen LogP contribution in [0.5, 0.6) is 0 Å². The predicted octanol–water partition coefficient (Wildman–Crippen LogP) is 2.80. The van der Waals surface area contributed by atoms with E-state index in [-0.39, 0.29) is 16.7 Å². The van der Waals surface area contributed by atoms with E-state index in [2.05, 4.69) is 20.8 Å². The lowest BCUT2D eigenvalue weighted by Gasteiger charge is -2.30. The monoisotopic (exact) mass is 260 g/mol. The summed E-state index contributed by atoms with van der Waals surface area (Å²) in [5.74, 6) is 0.243. The molecule has 0 atom stereocenters. The number of rotatable bonds is 3. The Morgan fingerprint density at radius 1 is 1.26 bits per heavy atom. The fourth-order valence-corrected chi connectivity index (χ4v) is 2.70. The van der Waals surface area contributed by atoms with Gasteiger partial charge in [-0.15, -0.1) is 0 Å². The van der Waals surface area contributed by atoms with Crippen molar-refractivity contribution in [1.29, 1.82) is 0 Å². The molecule has 0 spiro atoms. The minimum absolute atomic E-state index is 0.127. The van der Waals surface area contributed by atoms with E-state index in [1.807, 2.05) is 36.2 Å². The van der Waals surface area contributed by atoms with E-state index in [1.165, 1.54) is 0 Å². The molecular formula is C16H24N2O. The van der Waals surface area contributed by atoms with E-state index in [4.69, 9.17) is 5.73 Å². The van der Waals surface area contributed by atoms with Crippen molar-refractivity contribution in [2.24, 2.45) is 5.41 Å². The largest absolute Gasteiger partial charge is 0.399 e. The molecule has 0 bridgehead atoms. The van der Waals surface area contributed by atoms with Crippen molar-refractivity contribution in [2.75, 3.05) is 19.3 Å². The van der Waals surface area contributed by atoms with Crippen LogP contribution in [0.4, 0.5) is 5.69 Å². The highest BCUT2D eigenvalue weighted by molar-refractivity contribution is 5.91. The Bertz CT molecular complexity index is 467. The summed E-state index contributed by atoms with van der Waals surface area (Å²) in [6, 6.07) is 7.75. The Morgan fingerprint density at radius 2 is 1.79 bits per heavy atom. The molecule has 1 fully saturated rings. The molecule has 104 valence electrons. The lowest BCUT2D eigenvalue weighted by Crippen LogP contribution is -2.40. The summed E-state index contributed by atoms with van der Waals surface area (Å²) in [5.41, 5.74) is 7.41. The Morgan fingerprint density at radius 3 is 2.21 bits per heavy atom. The van der Waals surface area contributed by atoms with Crippen LogP contribution in [0.2, 0.25) is 0 Å². The van der Waals surface area contributed by atoms with Gasteiger partial charge in [-0.2, -0.15) is 0 Å². The number of amides is 1. The predicted molar refractivity (Wildman–Crippen MR) is 78.9 cm³/mol. The third-order valence-electron chi connectivity index (χ3n) is 3.68. The normalized spacial score (nSPS) is 17.1. The van der Waals surface area contributed by atoms with Crippen LogP contribution in [0.25, 0.3) is 0 Å². The van der Waals surface area contributed by atoms with Crippen molar-refractivity contribution in [3.63, 3.8) is 0 Å². The first-order valence-corrected chi connectivity index (χ1v) is 6.86. The highest BCUT2D eigenvalue weighted by atomic mass is 16.2. The maximum Gasteiger partial charge on any atom is 0.232 e. The van der Waals surface area contributed by atoms with Crippen LogP contribution in [0.1, 0.15) is 39.2 Å². The van der Waals surface area contributed by atoms with Gasteiger partial charge in [-0.05, 0) is 36.0 Å². The van der Waals surface area contributed by atoms with Gasteiger partial charge in [0.2, 0.25) is 5.91 Å². The molecule has 0 heterocycles. The average molecular weight is 260 g/mol. The molecule has 0 aliphatic heterocycles. The molecule has 1 saturated carbocycles. The van der Waals surface area contributed by atoms with Gasteiger partial charge in [-0.3, -0.25) is 4.79 Å². The van der Waals surface area contributed by atoms with E-state index in [0.717, 1.165) is 30.6 Å². The molecule has 2 N–H and O–H groups in total. The average Bonchev–Trinajstić information content (AvgIpc) is 3.08. The van der Waals surface area contributed by atoms with Gasteiger partial charge in [-0.25, -0.2) is 0 Å². The van der Waals surface area contributed by atoms with Gasteiger partial charge < -0.3 is 10.6 Å². The lowest BCUT2D eigenvalue weighted by atomic mass is 9.91. The summed E-state index contributed by atoms with van der Waals surface area (Å²) in [5, 5.41) is 0. The zero-order valence-corrected chi connectivity index (χ0v) is 12.4. The van der Waals surface area contributed by atoms with Crippen LogP contribution in [-0.4, -0.2) is 24.4 Å². The van der Waals surface area contributed by atoms with Crippen LogP contribution in [-0.2, 0) is 10.2 Å². The number of nitrogen functional groups attached to an aromatic ring is 1. The summed E-state index contributed by atoms with van der Waals surface area (Å²) < 4.78 is 0. The number of benzene rings is 1. The molecule has 2 rings (SSSR count). The van der Waals surface area contributed by atoms with Crippen LogP contribution in [0.15, 0.2) is 24.3 Å². The van der Waals surface area contributed by atoms with Crippen LogP contribution < -0.4 is 5.73 Å². The minimum atomic E-state index is -0.284. The van der Waals surface area contributed by atoms with Gasteiger partial charge in [0.1, 0.15) is 0 Å². The Balaban J connectivity index is 2.16. The zero-order chi connectivity index (χ0) is 14.3. The first kappa shape index (κ1) is 13.9. The maximum atomic E-state index is 12.7. The number of nitrogens with zero attached hydrogens (tertiary/aromatic N) is 1. The van der Waals surface area contributed by atoms with Crippen molar-refractivity contribution in [3.05, 3.63) is 29.8 Å². The fraction of sp³-hybridized carbons (Fsp3) is 0.562. The highest BCUT2D eigenvalue weighted by Gasteiger charge is 2.52.